The van der Waals surface area contributed by atoms with Gasteiger partial charge in [0.05, 0.1) is 5.56 Å². The fourth-order valence-corrected chi connectivity index (χ4v) is 3.10. The third-order valence-corrected chi connectivity index (χ3v) is 4.53. The van der Waals surface area contributed by atoms with Crippen molar-refractivity contribution in [2.45, 2.75) is 20.0 Å². The molecule has 0 fully saturated rings. The Kier molecular flexibility index (Phi) is 3.39. The molecule has 1 nitrogen and oxygen atoms in total. The van der Waals surface area contributed by atoms with Crippen LogP contribution in [-0.4, -0.2) is 0 Å². The molecular formula is C21H15F3O. The van der Waals surface area contributed by atoms with E-state index in [2.05, 4.69) is 0 Å². The molecule has 3 aromatic rings. The van der Waals surface area contributed by atoms with Crippen molar-refractivity contribution in [3.05, 3.63) is 77.1 Å². The van der Waals surface area contributed by atoms with E-state index < -0.39 is 11.9 Å². The summed E-state index contributed by atoms with van der Waals surface area (Å²) in [6.07, 6.45) is -3.59. The minimum Gasteiger partial charge on any atom is -0.425 e. The number of hydrogen-bond donors (Lipinski definition) is 0. The van der Waals surface area contributed by atoms with Gasteiger partial charge in [-0.15, -0.1) is 0 Å². The molecule has 0 amide bonds. The number of ether oxygens (including phenoxy) is 1. The predicted octanol–water partition coefficient (Wildman–Crippen LogP) is 6.22. The summed E-state index contributed by atoms with van der Waals surface area (Å²) >= 11 is 0. The second kappa shape index (κ2) is 5.38. The lowest BCUT2D eigenvalue weighted by Crippen LogP contribution is -2.27. The molecule has 0 saturated heterocycles. The van der Waals surface area contributed by atoms with E-state index in [1.165, 1.54) is 13.0 Å². The number of rotatable bonds is 1. The average molecular weight is 340 g/mol. The van der Waals surface area contributed by atoms with E-state index in [-0.39, 0.29) is 16.9 Å². The molecule has 0 spiro atoms. The standard InChI is InChI=1S/C21H15F3O/c1-12-3-6-14(7-4-12)15-8-10-16-17-9-5-13(2)19(22)20(17)25-21(23,24)18(16)11-15/h3-11H,1-2H3. The summed E-state index contributed by atoms with van der Waals surface area (Å²) in [5.74, 6) is -1.13. The molecule has 0 bridgehead atoms. The van der Waals surface area contributed by atoms with Gasteiger partial charge in [-0.25, -0.2) is 4.39 Å². The normalized spacial score (nSPS) is 14.4. The quantitative estimate of drug-likeness (QED) is 0.511. The van der Waals surface area contributed by atoms with Gasteiger partial charge >= 0.3 is 6.11 Å². The Hall–Kier alpha value is -2.75. The van der Waals surface area contributed by atoms with E-state index in [1.54, 1.807) is 24.3 Å². The highest BCUT2D eigenvalue weighted by Gasteiger charge is 2.43. The number of alkyl halides is 2. The van der Waals surface area contributed by atoms with Crippen LogP contribution in [0, 0.1) is 19.7 Å². The second-order valence-electron chi connectivity index (χ2n) is 6.32. The Morgan fingerprint density at radius 3 is 2.16 bits per heavy atom. The van der Waals surface area contributed by atoms with Crippen LogP contribution in [0.15, 0.2) is 54.6 Å². The van der Waals surface area contributed by atoms with Crippen molar-refractivity contribution in [1.82, 2.24) is 0 Å². The van der Waals surface area contributed by atoms with Crippen LogP contribution in [0.4, 0.5) is 13.2 Å². The van der Waals surface area contributed by atoms with Crippen molar-refractivity contribution in [1.29, 1.82) is 0 Å². The van der Waals surface area contributed by atoms with Crippen LogP contribution in [0.3, 0.4) is 0 Å². The van der Waals surface area contributed by atoms with Crippen LogP contribution in [0.5, 0.6) is 5.75 Å². The summed E-state index contributed by atoms with van der Waals surface area (Å²) in [4.78, 5) is 0. The Bertz CT molecular complexity index is 975. The van der Waals surface area contributed by atoms with Gasteiger partial charge in [-0.3, -0.25) is 0 Å². The first-order valence-electron chi connectivity index (χ1n) is 7.95. The van der Waals surface area contributed by atoms with Crippen LogP contribution < -0.4 is 4.74 Å². The maximum absolute atomic E-state index is 14.6. The van der Waals surface area contributed by atoms with E-state index in [4.69, 9.17) is 4.74 Å². The summed E-state index contributed by atoms with van der Waals surface area (Å²) in [5, 5.41) is 0. The number of fused-ring (bicyclic) bond motifs is 3. The zero-order valence-corrected chi connectivity index (χ0v) is 13.7. The van der Waals surface area contributed by atoms with Crippen molar-refractivity contribution in [3.63, 3.8) is 0 Å². The molecule has 0 saturated carbocycles. The molecule has 1 aliphatic rings. The Labute approximate surface area is 143 Å². The Balaban J connectivity index is 1.92. The molecule has 25 heavy (non-hydrogen) atoms. The Morgan fingerprint density at radius 2 is 1.44 bits per heavy atom. The van der Waals surface area contributed by atoms with Crippen molar-refractivity contribution >= 4 is 0 Å². The monoisotopic (exact) mass is 340 g/mol. The van der Waals surface area contributed by atoms with Gasteiger partial charge in [0.25, 0.3) is 0 Å². The lowest BCUT2D eigenvalue weighted by molar-refractivity contribution is -0.188. The SMILES string of the molecule is Cc1ccc(-c2ccc3c(c2)C(F)(F)Oc2c-3ccc(C)c2F)cc1. The van der Waals surface area contributed by atoms with Crippen molar-refractivity contribution in [2.24, 2.45) is 0 Å². The molecule has 0 radical (unpaired) electrons. The smallest absolute Gasteiger partial charge is 0.425 e. The van der Waals surface area contributed by atoms with E-state index >= 15 is 0 Å². The predicted molar refractivity (Wildman–Crippen MR) is 91.3 cm³/mol. The van der Waals surface area contributed by atoms with Gasteiger partial charge < -0.3 is 4.74 Å². The highest BCUT2D eigenvalue weighted by Crippen LogP contribution is 2.49. The Morgan fingerprint density at radius 1 is 0.800 bits per heavy atom. The van der Waals surface area contributed by atoms with Crippen LogP contribution >= 0.6 is 0 Å². The van der Waals surface area contributed by atoms with Gasteiger partial charge in [-0.2, -0.15) is 8.78 Å². The number of aryl methyl sites for hydroxylation is 2. The summed E-state index contributed by atoms with van der Waals surface area (Å²) in [6.45, 7) is 3.49. The zero-order valence-electron chi connectivity index (χ0n) is 13.7. The summed E-state index contributed by atoms with van der Waals surface area (Å²) < 4.78 is 48.1. The van der Waals surface area contributed by atoms with Gasteiger partial charge in [0.15, 0.2) is 11.6 Å². The molecule has 4 heteroatoms. The van der Waals surface area contributed by atoms with Crippen molar-refractivity contribution in [2.75, 3.05) is 0 Å². The van der Waals surface area contributed by atoms with E-state index in [9.17, 15) is 13.2 Å². The topological polar surface area (TPSA) is 9.23 Å². The molecule has 0 aromatic heterocycles. The van der Waals surface area contributed by atoms with Crippen LogP contribution in [0.25, 0.3) is 22.3 Å². The molecule has 1 aliphatic heterocycles. The van der Waals surface area contributed by atoms with Crippen LogP contribution in [0.2, 0.25) is 0 Å². The van der Waals surface area contributed by atoms with Crippen LogP contribution in [-0.2, 0) is 6.11 Å². The van der Waals surface area contributed by atoms with Gasteiger partial charge in [-0.05, 0) is 42.2 Å². The van der Waals surface area contributed by atoms with Crippen molar-refractivity contribution in [3.8, 4) is 28.0 Å². The van der Waals surface area contributed by atoms with Crippen molar-refractivity contribution < 1.29 is 17.9 Å². The van der Waals surface area contributed by atoms with Gasteiger partial charge in [0.2, 0.25) is 0 Å². The average Bonchev–Trinajstić information content (AvgIpc) is 2.59. The van der Waals surface area contributed by atoms with Gasteiger partial charge in [0, 0.05) is 5.56 Å². The highest BCUT2D eigenvalue weighted by atomic mass is 19.3. The molecule has 4 rings (SSSR count). The molecule has 0 atom stereocenters. The highest BCUT2D eigenvalue weighted by molar-refractivity contribution is 5.80. The van der Waals surface area contributed by atoms with Crippen LogP contribution in [0.1, 0.15) is 16.7 Å². The maximum Gasteiger partial charge on any atom is 0.427 e. The molecule has 126 valence electrons. The van der Waals surface area contributed by atoms with E-state index in [0.29, 0.717) is 16.7 Å². The molecule has 0 N–H and O–H groups in total. The second-order valence-corrected chi connectivity index (χ2v) is 6.32. The fraction of sp³-hybridized carbons (Fsp3) is 0.143. The third kappa shape index (κ3) is 2.49. The first-order valence-corrected chi connectivity index (χ1v) is 7.95. The minimum atomic E-state index is -3.59. The van der Waals surface area contributed by atoms with Gasteiger partial charge in [0.1, 0.15) is 0 Å². The largest absolute Gasteiger partial charge is 0.427 e. The van der Waals surface area contributed by atoms with E-state index in [0.717, 1.165) is 11.1 Å². The summed E-state index contributed by atoms with van der Waals surface area (Å²) in [6, 6.07) is 15.6. The summed E-state index contributed by atoms with van der Waals surface area (Å²) in [5.41, 5.74) is 3.26. The lowest BCUT2D eigenvalue weighted by Gasteiger charge is -2.29. The zero-order chi connectivity index (χ0) is 17.8. The molecular weight excluding hydrogens is 325 g/mol. The fourth-order valence-electron chi connectivity index (χ4n) is 3.10. The third-order valence-electron chi connectivity index (χ3n) is 4.53. The number of halogens is 3. The number of benzene rings is 3. The summed E-state index contributed by atoms with van der Waals surface area (Å²) in [7, 11) is 0. The minimum absolute atomic E-state index is 0.249. The molecule has 1 heterocycles. The first-order chi connectivity index (χ1) is 11.9. The molecule has 0 unspecified atom stereocenters. The van der Waals surface area contributed by atoms with Gasteiger partial charge in [-0.1, -0.05) is 54.1 Å². The maximum atomic E-state index is 14.6. The lowest BCUT2D eigenvalue weighted by atomic mass is 9.91. The first kappa shape index (κ1) is 15.8. The molecule has 3 aromatic carbocycles. The molecule has 0 aliphatic carbocycles. The van der Waals surface area contributed by atoms with E-state index in [1.807, 2.05) is 31.2 Å². The number of hydrogen-bond acceptors (Lipinski definition) is 1.